The van der Waals surface area contributed by atoms with Gasteiger partial charge in [-0.25, -0.2) is 4.68 Å². The summed E-state index contributed by atoms with van der Waals surface area (Å²) in [5.41, 5.74) is 5.89. The number of nitrogens with zero attached hydrogens (tertiary/aromatic N) is 3. The molecule has 0 saturated carbocycles. The van der Waals surface area contributed by atoms with Gasteiger partial charge in [0.05, 0.1) is 30.6 Å². The van der Waals surface area contributed by atoms with Crippen LogP contribution in [0.5, 0.6) is 0 Å². The Morgan fingerprint density at radius 1 is 0.909 bits per heavy atom. The molecule has 0 unspecified atom stereocenters. The highest BCUT2D eigenvalue weighted by Crippen LogP contribution is 2.26. The normalized spacial score (nSPS) is 13.8. The van der Waals surface area contributed by atoms with Gasteiger partial charge in [0.25, 0.3) is 0 Å². The van der Waals surface area contributed by atoms with Crippen molar-refractivity contribution in [3.8, 4) is 5.69 Å². The van der Waals surface area contributed by atoms with E-state index < -0.39 is 5.97 Å². The molecule has 0 radical (unpaired) electrons. The highest BCUT2D eigenvalue weighted by atomic mass is 16.5. The molecule has 0 amide bonds. The number of carboxylic acid groups (broad SMARTS) is 1. The van der Waals surface area contributed by atoms with Crippen LogP contribution in [-0.4, -0.2) is 53.7 Å². The van der Waals surface area contributed by atoms with Crippen LogP contribution >= 0.6 is 0 Å². The third-order valence-corrected chi connectivity index (χ3v) is 5.66. The smallest absolute Gasteiger partial charge is 0.322 e. The van der Waals surface area contributed by atoms with Gasteiger partial charge in [0.15, 0.2) is 0 Å². The van der Waals surface area contributed by atoms with Crippen LogP contribution in [0, 0.1) is 0 Å². The van der Waals surface area contributed by atoms with Crippen LogP contribution in [0.25, 0.3) is 16.6 Å². The van der Waals surface area contributed by atoms with E-state index in [0.717, 1.165) is 60.0 Å². The van der Waals surface area contributed by atoms with Gasteiger partial charge in [-0.1, -0.05) is 0 Å². The summed E-state index contributed by atoms with van der Waals surface area (Å²) >= 11 is 0. The molecule has 3 aromatic carbocycles. The number of morpholine rings is 1. The van der Waals surface area contributed by atoms with Crippen molar-refractivity contribution in [3.63, 3.8) is 0 Å². The number of aromatic nitrogens is 2. The number of hydrogen-bond acceptors (Lipinski definition) is 6. The first kappa shape index (κ1) is 20.8. The molecule has 1 aromatic heterocycles. The quantitative estimate of drug-likeness (QED) is 0.396. The molecule has 1 saturated heterocycles. The lowest BCUT2D eigenvalue weighted by Crippen LogP contribution is -2.36. The number of hydrogen-bond donors (Lipinski definition) is 3. The average Bonchev–Trinajstić information content (AvgIpc) is 3.27. The van der Waals surface area contributed by atoms with Crippen LogP contribution in [-0.2, 0) is 9.53 Å². The Kier molecular flexibility index (Phi) is 5.82. The van der Waals surface area contributed by atoms with E-state index >= 15 is 0 Å². The lowest BCUT2D eigenvalue weighted by Gasteiger charge is -2.28. The summed E-state index contributed by atoms with van der Waals surface area (Å²) in [6, 6.07) is 22.2. The van der Waals surface area contributed by atoms with Crippen molar-refractivity contribution in [2.75, 3.05) is 48.4 Å². The van der Waals surface area contributed by atoms with Gasteiger partial charge in [-0.3, -0.25) is 4.79 Å². The summed E-state index contributed by atoms with van der Waals surface area (Å²) in [6.45, 7) is 3.29. The van der Waals surface area contributed by atoms with Gasteiger partial charge in [0.2, 0.25) is 0 Å². The number of carbonyl (C=O) groups is 1. The molecule has 0 aliphatic carbocycles. The maximum Gasteiger partial charge on any atom is 0.322 e. The molecule has 1 aliphatic heterocycles. The minimum Gasteiger partial charge on any atom is -0.480 e. The third-order valence-electron chi connectivity index (χ3n) is 5.66. The fraction of sp³-hybridized carbons (Fsp3) is 0.200. The molecule has 8 heteroatoms. The van der Waals surface area contributed by atoms with Gasteiger partial charge in [-0.05, 0) is 66.7 Å². The Balaban J connectivity index is 1.29. The Hall–Kier alpha value is -4.04. The van der Waals surface area contributed by atoms with E-state index in [9.17, 15) is 4.79 Å². The number of nitrogens with one attached hydrogen (secondary N) is 2. The first-order chi connectivity index (χ1) is 16.2. The number of benzene rings is 3. The maximum absolute atomic E-state index is 10.7. The molecule has 5 rings (SSSR count). The average molecular weight is 444 g/mol. The standard InChI is InChI=1S/C25H25N5O3/c31-25(32)17-26-19-1-8-23(9-2-19)30-24-10-5-21(15-18(24)16-27-30)28-20-3-6-22(7-4-20)29-11-13-33-14-12-29/h1-10,15-16,26,28H,11-14,17H2,(H,31,32). The van der Waals surface area contributed by atoms with Crippen molar-refractivity contribution >= 4 is 39.6 Å². The number of ether oxygens (including phenoxy) is 1. The van der Waals surface area contributed by atoms with Crippen LogP contribution in [0.15, 0.2) is 72.9 Å². The SMILES string of the molecule is O=C(O)CNc1ccc(-n2ncc3cc(Nc4ccc(N5CCOCC5)cc4)ccc32)cc1. The molecule has 4 aromatic rings. The van der Waals surface area contributed by atoms with Crippen LogP contribution in [0.1, 0.15) is 0 Å². The summed E-state index contributed by atoms with van der Waals surface area (Å²) in [7, 11) is 0. The summed E-state index contributed by atoms with van der Waals surface area (Å²) in [5, 5.41) is 20.7. The van der Waals surface area contributed by atoms with Crippen molar-refractivity contribution in [1.29, 1.82) is 0 Å². The summed E-state index contributed by atoms with van der Waals surface area (Å²) in [4.78, 5) is 13.0. The lowest BCUT2D eigenvalue weighted by atomic mass is 10.2. The molecular formula is C25H25N5O3. The maximum atomic E-state index is 10.7. The Labute approximate surface area is 191 Å². The van der Waals surface area contributed by atoms with E-state index in [0.29, 0.717) is 0 Å². The number of carboxylic acids is 1. The lowest BCUT2D eigenvalue weighted by molar-refractivity contribution is -0.134. The van der Waals surface area contributed by atoms with E-state index in [1.165, 1.54) is 5.69 Å². The van der Waals surface area contributed by atoms with Crippen molar-refractivity contribution in [2.45, 2.75) is 0 Å². The van der Waals surface area contributed by atoms with Gasteiger partial charge in [-0.2, -0.15) is 5.10 Å². The monoisotopic (exact) mass is 443 g/mol. The number of rotatable bonds is 7. The molecule has 168 valence electrons. The van der Waals surface area contributed by atoms with Crippen molar-refractivity contribution < 1.29 is 14.6 Å². The summed E-state index contributed by atoms with van der Waals surface area (Å²) in [5.74, 6) is -0.894. The van der Waals surface area contributed by atoms with Gasteiger partial charge < -0.3 is 25.4 Å². The molecule has 3 N–H and O–H groups in total. The Morgan fingerprint density at radius 3 is 2.30 bits per heavy atom. The third kappa shape index (κ3) is 4.75. The van der Waals surface area contributed by atoms with Gasteiger partial charge in [0, 0.05) is 41.2 Å². The molecule has 1 aliphatic rings. The summed E-state index contributed by atoms with van der Waals surface area (Å²) < 4.78 is 7.30. The van der Waals surface area contributed by atoms with E-state index in [1.54, 1.807) is 0 Å². The van der Waals surface area contributed by atoms with Crippen LogP contribution in [0.3, 0.4) is 0 Å². The molecule has 2 heterocycles. The zero-order chi connectivity index (χ0) is 22.6. The number of fused-ring (bicyclic) bond motifs is 1. The van der Waals surface area contributed by atoms with E-state index in [4.69, 9.17) is 9.84 Å². The molecule has 1 fully saturated rings. The molecular weight excluding hydrogens is 418 g/mol. The molecule has 33 heavy (non-hydrogen) atoms. The molecule has 0 spiro atoms. The fourth-order valence-corrected chi connectivity index (χ4v) is 3.96. The molecule has 0 atom stereocenters. The molecule has 8 nitrogen and oxygen atoms in total. The predicted octanol–water partition coefficient (Wildman–Crippen LogP) is 4.10. The van der Waals surface area contributed by atoms with E-state index in [1.807, 2.05) is 47.3 Å². The van der Waals surface area contributed by atoms with Crippen LogP contribution in [0.4, 0.5) is 22.7 Å². The van der Waals surface area contributed by atoms with Gasteiger partial charge in [-0.15, -0.1) is 0 Å². The van der Waals surface area contributed by atoms with Crippen LogP contribution < -0.4 is 15.5 Å². The first-order valence-corrected chi connectivity index (χ1v) is 10.9. The zero-order valence-corrected chi connectivity index (χ0v) is 18.1. The largest absolute Gasteiger partial charge is 0.480 e. The molecule has 0 bridgehead atoms. The van der Waals surface area contributed by atoms with Gasteiger partial charge >= 0.3 is 5.97 Å². The predicted molar refractivity (Wildman–Crippen MR) is 130 cm³/mol. The summed E-state index contributed by atoms with van der Waals surface area (Å²) in [6.07, 6.45) is 1.85. The minimum absolute atomic E-state index is 0.115. The fourth-order valence-electron chi connectivity index (χ4n) is 3.96. The topological polar surface area (TPSA) is 91.7 Å². The number of anilines is 4. The highest BCUT2D eigenvalue weighted by Gasteiger charge is 2.11. The first-order valence-electron chi connectivity index (χ1n) is 10.9. The Morgan fingerprint density at radius 2 is 1.58 bits per heavy atom. The van der Waals surface area contributed by atoms with Crippen molar-refractivity contribution in [1.82, 2.24) is 9.78 Å². The Bertz CT molecular complexity index is 1250. The van der Waals surface area contributed by atoms with Crippen LogP contribution in [0.2, 0.25) is 0 Å². The zero-order valence-electron chi connectivity index (χ0n) is 18.1. The second-order valence-corrected chi connectivity index (χ2v) is 7.90. The van der Waals surface area contributed by atoms with E-state index in [2.05, 4.69) is 51.0 Å². The van der Waals surface area contributed by atoms with Crippen molar-refractivity contribution in [3.05, 3.63) is 72.9 Å². The van der Waals surface area contributed by atoms with Gasteiger partial charge in [0.1, 0.15) is 6.54 Å². The van der Waals surface area contributed by atoms with Crippen molar-refractivity contribution in [2.24, 2.45) is 0 Å². The van der Waals surface area contributed by atoms with E-state index in [-0.39, 0.29) is 6.54 Å². The minimum atomic E-state index is -0.894. The highest BCUT2D eigenvalue weighted by molar-refractivity contribution is 5.85. The second-order valence-electron chi connectivity index (χ2n) is 7.90. The second kappa shape index (κ2) is 9.22. The number of aliphatic carboxylic acids is 1.